The van der Waals surface area contributed by atoms with E-state index in [4.69, 9.17) is 0 Å². The van der Waals surface area contributed by atoms with Gasteiger partial charge in [0.15, 0.2) is 0 Å². The van der Waals surface area contributed by atoms with E-state index >= 15 is 0 Å². The van der Waals surface area contributed by atoms with Crippen LogP contribution in [0.3, 0.4) is 0 Å². The Morgan fingerprint density at radius 1 is 1.00 bits per heavy atom. The van der Waals surface area contributed by atoms with Gasteiger partial charge in [-0.3, -0.25) is 14.5 Å². The largest absolute Gasteiger partial charge is 0.338 e. The van der Waals surface area contributed by atoms with E-state index in [1.807, 2.05) is 9.80 Å². The first-order valence-corrected chi connectivity index (χ1v) is 8.68. The fraction of sp³-hybridized carbons (Fsp3) is 0.875. The molecule has 6 nitrogen and oxygen atoms in total. The number of amides is 2. The Morgan fingerprint density at radius 3 is 2.08 bits per heavy atom. The minimum atomic E-state index is -0.00771. The number of piperidine rings is 1. The lowest BCUT2D eigenvalue weighted by molar-refractivity contribution is -0.141. The van der Waals surface area contributed by atoms with Crippen LogP contribution in [0.25, 0.3) is 0 Å². The van der Waals surface area contributed by atoms with Crippen molar-refractivity contribution in [2.24, 2.45) is 0 Å². The number of hydrogen-bond acceptors (Lipinski definition) is 4. The van der Waals surface area contributed by atoms with Crippen LogP contribution in [0.1, 0.15) is 33.1 Å². The van der Waals surface area contributed by atoms with Gasteiger partial charge < -0.3 is 15.1 Å². The van der Waals surface area contributed by atoms with Gasteiger partial charge in [-0.1, -0.05) is 20.3 Å². The van der Waals surface area contributed by atoms with E-state index in [9.17, 15) is 9.59 Å². The summed E-state index contributed by atoms with van der Waals surface area (Å²) in [5.41, 5.74) is 0. The van der Waals surface area contributed by atoms with E-state index in [-0.39, 0.29) is 42.7 Å². The topological polar surface area (TPSA) is 55.9 Å². The van der Waals surface area contributed by atoms with Crippen LogP contribution >= 0.6 is 24.8 Å². The maximum Gasteiger partial charge on any atom is 0.239 e. The first-order chi connectivity index (χ1) is 10.7. The monoisotopic (exact) mass is 382 g/mol. The average molecular weight is 383 g/mol. The molecule has 0 saturated carbocycles. The van der Waals surface area contributed by atoms with Crippen LogP contribution < -0.4 is 5.32 Å². The maximum absolute atomic E-state index is 12.5. The van der Waals surface area contributed by atoms with Gasteiger partial charge in [-0.15, -0.1) is 24.8 Å². The predicted octanol–water partition coefficient (Wildman–Crippen LogP) is 0.985. The molecular formula is C16H32Cl2N4O2. The SMILES string of the molecule is CCN(CC)CC(=O)N1CCN(C(=O)[C@H]2CCCCN2)CC1.Cl.Cl. The van der Waals surface area contributed by atoms with Crippen LogP contribution in [0.5, 0.6) is 0 Å². The van der Waals surface area contributed by atoms with Gasteiger partial charge in [-0.25, -0.2) is 0 Å². The second kappa shape index (κ2) is 11.9. The van der Waals surface area contributed by atoms with Crippen LogP contribution in [0.2, 0.25) is 0 Å². The lowest BCUT2D eigenvalue weighted by atomic mass is 10.0. The fourth-order valence-electron chi connectivity index (χ4n) is 3.20. The molecule has 2 aliphatic heterocycles. The Balaban J connectivity index is 0.00000264. The first-order valence-electron chi connectivity index (χ1n) is 8.68. The molecule has 0 spiro atoms. The van der Waals surface area contributed by atoms with Gasteiger partial charge >= 0.3 is 0 Å². The Labute approximate surface area is 158 Å². The number of nitrogens with zero attached hydrogens (tertiary/aromatic N) is 3. The van der Waals surface area contributed by atoms with E-state index in [0.717, 1.165) is 38.9 Å². The molecule has 0 bridgehead atoms. The van der Waals surface area contributed by atoms with Gasteiger partial charge in [0.25, 0.3) is 0 Å². The molecular weight excluding hydrogens is 351 g/mol. The number of carbonyl (C=O) groups excluding carboxylic acids is 2. The molecule has 0 aromatic heterocycles. The van der Waals surface area contributed by atoms with Crippen molar-refractivity contribution >= 4 is 36.6 Å². The number of hydrogen-bond donors (Lipinski definition) is 1. The Morgan fingerprint density at radius 2 is 1.58 bits per heavy atom. The van der Waals surface area contributed by atoms with Crippen molar-refractivity contribution in [3.63, 3.8) is 0 Å². The van der Waals surface area contributed by atoms with Gasteiger partial charge in [0.2, 0.25) is 11.8 Å². The highest BCUT2D eigenvalue weighted by molar-refractivity contribution is 5.85. The lowest BCUT2D eigenvalue weighted by Gasteiger charge is -2.38. The van der Waals surface area contributed by atoms with Crippen molar-refractivity contribution < 1.29 is 9.59 Å². The number of piperazine rings is 1. The second-order valence-corrected chi connectivity index (χ2v) is 6.17. The van der Waals surface area contributed by atoms with Crippen LogP contribution in [0.15, 0.2) is 0 Å². The third-order valence-corrected chi connectivity index (χ3v) is 4.81. The maximum atomic E-state index is 12.5. The van der Waals surface area contributed by atoms with Crippen molar-refractivity contribution in [2.75, 3.05) is 52.4 Å². The summed E-state index contributed by atoms with van der Waals surface area (Å²) in [5.74, 6) is 0.405. The minimum absolute atomic E-state index is 0. The van der Waals surface area contributed by atoms with Crippen LogP contribution in [0.4, 0.5) is 0 Å². The predicted molar refractivity (Wildman–Crippen MR) is 101 cm³/mol. The van der Waals surface area contributed by atoms with Gasteiger partial charge in [0.05, 0.1) is 12.6 Å². The summed E-state index contributed by atoms with van der Waals surface area (Å²) >= 11 is 0. The Hall–Kier alpha value is -0.560. The summed E-state index contributed by atoms with van der Waals surface area (Å²) in [4.78, 5) is 30.7. The third kappa shape index (κ3) is 6.39. The van der Waals surface area contributed by atoms with Gasteiger partial charge in [-0.2, -0.15) is 0 Å². The van der Waals surface area contributed by atoms with Crippen molar-refractivity contribution in [3.05, 3.63) is 0 Å². The van der Waals surface area contributed by atoms with Crippen LogP contribution in [-0.2, 0) is 9.59 Å². The molecule has 2 saturated heterocycles. The second-order valence-electron chi connectivity index (χ2n) is 6.17. The first kappa shape index (κ1) is 23.4. The molecule has 24 heavy (non-hydrogen) atoms. The number of rotatable bonds is 5. The molecule has 2 fully saturated rings. The summed E-state index contributed by atoms with van der Waals surface area (Å²) < 4.78 is 0. The zero-order valence-electron chi connectivity index (χ0n) is 14.8. The van der Waals surface area contributed by atoms with E-state index in [2.05, 4.69) is 24.1 Å². The van der Waals surface area contributed by atoms with Crippen LogP contribution in [-0.4, -0.2) is 84.9 Å². The van der Waals surface area contributed by atoms with E-state index in [1.165, 1.54) is 0 Å². The molecule has 2 aliphatic rings. The molecule has 0 aliphatic carbocycles. The molecule has 8 heteroatoms. The quantitative estimate of drug-likeness (QED) is 0.769. The lowest BCUT2D eigenvalue weighted by Crippen LogP contribution is -2.56. The summed E-state index contributed by atoms with van der Waals surface area (Å²) in [5, 5.41) is 3.31. The fourth-order valence-corrected chi connectivity index (χ4v) is 3.20. The molecule has 1 atom stereocenters. The molecule has 0 unspecified atom stereocenters. The molecule has 0 radical (unpaired) electrons. The summed E-state index contributed by atoms with van der Waals surface area (Å²) in [7, 11) is 0. The number of likely N-dealkylation sites (N-methyl/N-ethyl adjacent to an activating group) is 1. The zero-order valence-corrected chi connectivity index (χ0v) is 16.5. The molecule has 1 N–H and O–H groups in total. The van der Waals surface area contributed by atoms with E-state index in [1.54, 1.807) is 0 Å². The van der Waals surface area contributed by atoms with Crippen LogP contribution in [0, 0.1) is 0 Å². The molecule has 2 rings (SSSR count). The zero-order chi connectivity index (χ0) is 15.9. The van der Waals surface area contributed by atoms with Crippen molar-refractivity contribution in [3.8, 4) is 0 Å². The van der Waals surface area contributed by atoms with E-state index in [0.29, 0.717) is 32.7 Å². The highest BCUT2D eigenvalue weighted by atomic mass is 35.5. The molecule has 2 amide bonds. The summed E-state index contributed by atoms with van der Waals surface area (Å²) in [6, 6.07) is -0.00771. The molecule has 142 valence electrons. The highest BCUT2D eigenvalue weighted by Gasteiger charge is 2.29. The third-order valence-electron chi connectivity index (χ3n) is 4.81. The van der Waals surface area contributed by atoms with Gasteiger partial charge in [0.1, 0.15) is 0 Å². The summed E-state index contributed by atoms with van der Waals surface area (Å²) in [6.07, 6.45) is 3.24. The molecule has 0 aromatic rings. The Bertz CT molecular complexity index is 380. The summed E-state index contributed by atoms with van der Waals surface area (Å²) in [6.45, 7) is 10.0. The number of nitrogens with one attached hydrogen (secondary N) is 1. The number of carbonyl (C=O) groups is 2. The molecule has 2 heterocycles. The normalized spacial score (nSPS) is 21.0. The standard InChI is InChI=1S/C16H30N4O2.2ClH/c1-3-18(4-2)13-15(21)19-9-11-20(12-10-19)16(22)14-7-5-6-8-17-14;;/h14,17H,3-13H2,1-2H3;2*1H/t14-;;/m1../s1. The highest BCUT2D eigenvalue weighted by Crippen LogP contribution is 2.12. The smallest absolute Gasteiger partial charge is 0.239 e. The number of halogens is 2. The van der Waals surface area contributed by atoms with Gasteiger partial charge in [0, 0.05) is 26.2 Å². The molecule has 0 aromatic carbocycles. The van der Waals surface area contributed by atoms with Crippen molar-refractivity contribution in [1.82, 2.24) is 20.0 Å². The minimum Gasteiger partial charge on any atom is -0.338 e. The van der Waals surface area contributed by atoms with Gasteiger partial charge in [-0.05, 0) is 32.5 Å². The van der Waals surface area contributed by atoms with Crippen molar-refractivity contribution in [2.45, 2.75) is 39.2 Å². The average Bonchev–Trinajstić information content (AvgIpc) is 2.59. The van der Waals surface area contributed by atoms with E-state index < -0.39 is 0 Å². The van der Waals surface area contributed by atoms with Crippen molar-refractivity contribution in [1.29, 1.82) is 0 Å². The Kier molecular flexibility index (Phi) is 11.6.